The number of likely N-dealkylation sites (N-methyl/N-ethyl adjacent to an activating group) is 1. The van der Waals surface area contributed by atoms with Crippen LogP contribution in [0.4, 0.5) is 0 Å². The molecule has 5 nitrogen and oxygen atoms in total. The molecule has 1 aliphatic carbocycles. The fourth-order valence-electron chi connectivity index (χ4n) is 3.64. The van der Waals surface area contributed by atoms with Gasteiger partial charge in [0.2, 0.25) is 0 Å². The van der Waals surface area contributed by atoms with E-state index in [0.29, 0.717) is 5.56 Å². The van der Waals surface area contributed by atoms with Crippen LogP contribution in [-0.2, 0) is 16.0 Å². The van der Waals surface area contributed by atoms with E-state index in [1.807, 2.05) is 12.1 Å². The number of fused-ring (bicyclic) bond motifs is 1. The van der Waals surface area contributed by atoms with E-state index in [4.69, 9.17) is 16.3 Å². The maximum absolute atomic E-state index is 12.6. The highest BCUT2D eigenvalue weighted by Crippen LogP contribution is 2.33. The Morgan fingerprint density at radius 1 is 1.30 bits per heavy atom. The zero-order valence-corrected chi connectivity index (χ0v) is 16.5. The van der Waals surface area contributed by atoms with Crippen molar-refractivity contribution in [2.45, 2.75) is 39.2 Å². The molecule has 1 atom stereocenters. The summed E-state index contributed by atoms with van der Waals surface area (Å²) in [5.41, 5.74) is 4.06. The molecule has 1 aromatic carbocycles. The highest BCUT2D eigenvalue weighted by Gasteiger charge is 2.27. The van der Waals surface area contributed by atoms with Crippen molar-refractivity contribution in [3.63, 3.8) is 0 Å². The Morgan fingerprint density at radius 2 is 2.04 bits per heavy atom. The van der Waals surface area contributed by atoms with E-state index in [-0.39, 0.29) is 29.3 Å². The Kier molecular flexibility index (Phi) is 5.80. The average molecular weight is 387 g/mol. The number of hydrogen-bond donors (Lipinski definition) is 0. The number of hydrogen-bond acceptors (Lipinski definition) is 4. The fraction of sp³-hybridized carbons (Fsp3) is 0.381. The highest BCUT2D eigenvalue weighted by atomic mass is 35.5. The van der Waals surface area contributed by atoms with Crippen LogP contribution in [0.25, 0.3) is 0 Å². The van der Waals surface area contributed by atoms with Crippen LogP contribution < -0.4 is 0 Å². The molecule has 2 aromatic rings. The van der Waals surface area contributed by atoms with E-state index in [1.165, 1.54) is 11.1 Å². The number of amides is 1. The molecule has 1 amide bonds. The quantitative estimate of drug-likeness (QED) is 0.587. The van der Waals surface area contributed by atoms with Gasteiger partial charge in [0, 0.05) is 12.7 Å². The minimum atomic E-state index is -0.629. The van der Waals surface area contributed by atoms with Crippen LogP contribution in [0.15, 0.2) is 30.3 Å². The van der Waals surface area contributed by atoms with E-state index in [9.17, 15) is 9.59 Å². The van der Waals surface area contributed by atoms with Crippen molar-refractivity contribution in [2.75, 3.05) is 13.7 Å². The third kappa shape index (κ3) is 4.14. The van der Waals surface area contributed by atoms with E-state index in [1.54, 1.807) is 31.9 Å². The van der Waals surface area contributed by atoms with Gasteiger partial charge >= 0.3 is 5.97 Å². The van der Waals surface area contributed by atoms with Gasteiger partial charge in [-0.1, -0.05) is 35.9 Å². The monoisotopic (exact) mass is 386 g/mol. The number of aromatic nitrogens is 1. The van der Waals surface area contributed by atoms with Gasteiger partial charge in [0.05, 0.1) is 11.6 Å². The second-order valence-corrected chi connectivity index (χ2v) is 7.29. The van der Waals surface area contributed by atoms with Gasteiger partial charge in [0.25, 0.3) is 5.91 Å². The number of rotatable bonds is 4. The maximum Gasteiger partial charge on any atom is 0.342 e. The van der Waals surface area contributed by atoms with Crippen LogP contribution in [0, 0.1) is 13.8 Å². The Hall–Kier alpha value is -2.40. The number of carbonyl (C=O) groups excluding carboxylic acids is 2. The zero-order valence-electron chi connectivity index (χ0n) is 15.8. The topological polar surface area (TPSA) is 59.5 Å². The number of nitrogens with zero attached hydrogens (tertiary/aromatic N) is 2. The third-order valence-electron chi connectivity index (χ3n) is 5.03. The van der Waals surface area contributed by atoms with E-state index in [2.05, 4.69) is 17.1 Å². The molecule has 0 unspecified atom stereocenters. The number of esters is 1. The molecule has 0 saturated carbocycles. The van der Waals surface area contributed by atoms with Gasteiger partial charge in [0.1, 0.15) is 5.15 Å². The molecule has 1 heterocycles. The summed E-state index contributed by atoms with van der Waals surface area (Å²) in [6.07, 6.45) is 2.96. The smallest absolute Gasteiger partial charge is 0.342 e. The van der Waals surface area contributed by atoms with Gasteiger partial charge in [-0.3, -0.25) is 4.79 Å². The summed E-state index contributed by atoms with van der Waals surface area (Å²) in [5, 5.41) is 0.0968. The number of pyridine rings is 1. The molecule has 3 rings (SSSR count). The lowest BCUT2D eigenvalue weighted by Gasteiger charge is -2.33. The van der Waals surface area contributed by atoms with Crippen molar-refractivity contribution >= 4 is 23.5 Å². The first kappa shape index (κ1) is 19.4. The van der Waals surface area contributed by atoms with Gasteiger partial charge in [0.15, 0.2) is 6.61 Å². The van der Waals surface area contributed by atoms with Gasteiger partial charge in [-0.25, -0.2) is 9.78 Å². The van der Waals surface area contributed by atoms with E-state index >= 15 is 0 Å². The summed E-state index contributed by atoms with van der Waals surface area (Å²) >= 11 is 6.08. The Labute approximate surface area is 164 Å². The lowest BCUT2D eigenvalue weighted by Crippen LogP contribution is -2.36. The molecule has 0 saturated heterocycles. The minimum Gasteiger partial charge on any atom is -0.452 e. The zero-order chi connectivity index (χ0) is 19.6. The Morgan fingerprint density at radius 3 is 2.78 bits per heavy atom. The Balaban J connectivity index is 1.67. The van der Waals surface area contributed by atoms with Crippen molar-refractivity contribution in [1.82, 2.24) is 9.88 Å². The van der Waals surface area contributed by atoms with Crippen LogP contribution >= 0.6 is 11.6 Å². The molecule has 6 heteroatoms. The van der Waals surface area contributed by atoms with Gasteiger partial charge in [-0.05, 0) is 55.9 Å². The summed E-state index contributed by atoms with van der Waals surface area (Å²) < 4.78 is 5.24. The fourth-order valence-corrected chi connectivity index (χ4v) is 4.00. The first-order valence-corrected chi connectivity index (χ1v) is 9.40. The Bertz CT molecular complexity index is 858. The molecule has 0 radical (unpaired) electrons. The van der Waals surface area contributed by atoms with Crippen LogP contribution in [0.5, 0.6) is 0 Å². The molecular weight excluding hydrogens is 364 g/mol. The second kappa shape index (κ2) is 8.09. The number of carbonyl (C=O) groups is 2. The molecule has 0 aliphatic heterocycles. The van der Waals surface area contributed by atoms with Crippen LogP contribution in [0.2, 0.25) is 5.15 Å². The summed E-state index contributed by atoms with van der Waals surface area (Å²) in [5.74, 6) is -0.866. The van der Waals surface area contributed by atoms with E-state index in [0.717, 1.165) is 25.0 Å². The molecule has 1 aliphatic rings. The van der Waals surface area contributed by atoms with Crippen LogP contribution in [-0.4, -0.2) is 35.4 Å². The molecule has 0 N–H and O–H groups in total. The maximum atomic E-state index is 12.6. The van der Waals surface area contributed by atoms with Crippen LogP contribution in [0.3, 0.4) is 0 Å². The second-order valence-electron chi connectivity index (χ2n) is 6.93. The lowest BCUT2D eigenvalue weighted by molar-refractivity contribution is -0.135. The van der Waals surface area contributed by atoms with Crippen molar-refractivity contribution < 1.29 is 14.3 Å². The first-order chi connectivity index (χ1) is 12.9. The van der Waals surface area contributed by atoms with Gasteiger partial charge in [-0.15, -0.1) is 0 Å². The largest absolute Gasteiger partial charge is 0.452 e. The minimum absolute atomic E-state index is 0.00696. The lowest BCUT2D eigenvalue weighted by atomic mass is 9.87. The summed E-state index contributed by atoms with van der Waals surface area (Å²) in [7, 11) is 1.76. The molecule has 1 aromatic heterocycles. The number of benzene rings is 1. The highest BCUT2D eigenvalue weighted by molar-refractivity contribution is 6.32. The number of halogens is 1. The molecule has 0 fully saturated rings. The molecule has 27 heavy (non-hydrogen) atoms. The predicted molar refractivity (Wildman–Crippen MR) is 104 cm³/mol. The SMILES string of the molecule is Cc1cc(C)c(C(=O)OCC(=O)N(C)[C@@H]2CCCc3ccccc32)c(Cl)n1. The standard InChI is InChI=1S/C21H23ClN2O3/c1-13-11-14(2)23-20(22)19(13)21(26)27-12-18(25)24(3)17-10-6-8-15-7-4-5-9-16(15)17/h4-5,7,9,11,17H,6,8,10,12H2,1-3H3/t17-/m1/s1. The third-order valence-corrected chi connectivity index (χ3v) is 5.30. The van der Waals surface area contributed by atoms with Crippen molar-refractivity contribution in [3.8, 4) is 0 Å². The average Bonchev–Trinajstić information content (AvgIpc) is 2.64. The summed E-state index contributed by atoms with van der Waals surface area (Å²) in [6, 6.07) is 9.95. The number of aryl methyl sites for hydroxylation is 3. The molecule has 0 bridgehead atoms. The summed E-state index contributed by atoms with van der Waals surface area (Å²) in [6.45, 7) is 3.25. The van der Waals surface area contributed by atoms with Crippen molar-refractivity contribution in [2.24, 2.45) is 0 Å². The first-order valence-electron chi connectivity index (χ1n) is 9.02. The van der Waals surface area contributed by atoms with Gasteiger partial charge < -0.3 is 9.64 Å². The number of ether oxygens (including phenoxy) is 1. The van der Waals surface area contributed by atoms with E-state index < -0.39 is 5.97 Å². The van der Waals surface area contributed by atoms with Crippen LogP contribution in [0.1, 0.15) is 51.6 Å². The van der Waals surface area contributed by atoms with Crippen molar-refractivity contribution in [3.05, 3.63) is 63.4 Å². The predicted octanol–water partition coefficient (Wildman–Crippen LogP) is 4.04. The van der Waals surface area contributed by atoms with Gasteiger partial charge in [-0.2, -0.15) is 0 Å². The molecule has 0 spiro atoms. The summed E-state index contributed by atoms with van der Waals surface area (Å²) in [4.78, 5) is 30.8. The molecule has 142 valence electrons. The molecular formula is C21H23ClN2O3. The normalized spacial score (nSPS) is 15.8. The van der Waals surface area contributed by atoms with Crippen molar-refractivity contribution in [1.29, 1.82) is 0 Å².